The standard InChI is InChI=1S/C14H15NO2S/c1-10(13(16)11-6-3-2-4-7-11)15-14(17)12-8-5-9-18-12/h2-10,13,16H,1H3,(H,15,17)/t10-,13-/m0/s1. The summed E-state index contributed by atoms with van der Waals surface area (Å²) in [6.45, 7) is 1.79. The number of hydrogen-bond donors (Lipinski definition) is 2. The Morgan fingerprint density at radius 2 is 1.94 bits per heavy atom. The Kier molecular flexibility index (Phi) is 4.12. The largest absolute Gasteiger partial charge is 0.386 e. The van der Waals surface area contributed by atoms with E-state index in [1.807, 2.05) is 41.8 Å². The Balaban J connectivity index is 2.00. The number of carbonyl (C=O) groups is 1. The van der Waals surface area contributed by atoms with Gasteiger partial charge in [0.1, 0.15) is 0 Å². The van der Waals surface area contributed by atoms with Crippen molar-refractivity contribution in [2.24, 2.45) is 0 Å². The second-order valence-corrected chi connectivity index (χ2v) is 5.04. The fraction of sp³-hybridized carbons (Fsp3) is 0.214. The van der Waals surface area contributed by atoms with Gasteiger partial charge in [-0.15, -0.1) is 11.3 Å². The van der Waals surface area contributed by atoms with Crippen molar-refractivity contribution in [2.45, 2.75) is 19.1 Å². The molecular weight excluding hydrogens is 246 g/mol. The summed E-state index contributed by atoms with van der Waals surface area (Å²) in [5.74, 6) is -0.146. The van der Waals surface area contributed by atoms with Gasteiger partial charge >= 0.3 is 0 Å². The first-order chi connectivity index (χ1) is 8.68. The lowest BCUT2D eigenvalue weighted by molar-refractivity contribution is 0.0856. The van der Waals surface area contributed by atoms with Crippen LogP contribution in [0, 0.1) is 0 Å². The molecule has 1 heterocycles. The van der Waals surface area contributed by atoms with Crippen LogP contribution >= 0.6 is 11.3 Å². The van der Waals surface area contributed by atoms with Crippen molar-refractivity contribution >= 4 is 17.2 Å². The molecule has 18 heavy (non-hydrogen) atoms. The van der Waals surface area contributed by atoms with E-state index in [1.54, 1.807) is 13.0 Å². The molecule has 94 valence electrons. The summed E-state index contributed by atoms with van der Waals surface area (Å²) in [6.07, 6.45) is -0.699. The molecule has 0 unspecified atom stereocenters. The molecule has 0 aliphatic heterocycles. The normalized spacial score (nSPS) is 13.9. The van der Waals surface area contributed by atoms with Gasteiger partial charge in [-0.3, -0.25) is 4.79 Å². The number of benzene rings is 1. The average molecular weight is 261 g/mol. The predicted octanol–water partition coefficient (Wildman–Crippen LogP) is 2.60. The summed E-state index contributed by atoms with van der Waals surface area (Å²) in [4.78, 5) is 12.5. The molecule has 2 rings (SSSR count). The number of amides is 1. The van der Waals surface area contributed by atoms with E-state index < -0.39 is 6.10 Å². The minimum absolute atomic E-state index is 0.146. The number of carbonyl (C=O) groups excluding carboxylic acids is 1. The van der Waals surface area contributed by atoms with E-state index in [2.05, 4.69) is 5.32 Å². The fourth-order valence-electron chi connectivity index (χ4n) is 1.70. The van der Waals surface area contributed by atoms with Crippen molar-refractivity contribution in [2.75, 3.05) is 0 Å². The van der Waals surface area contributed by atoms with Crippen molar-refractivity contribution in [1.29, 1.82) is 0 Å². The van der Waals surface area contributed by atoms with Gasteiger partial charge in [-0.05, 0) is 23.9 Å². The maximum absolute atomic E-state index is 11.8. The highest BCUT2D eigenvalue weighted by Gasteiger charge is 2.19. The quantitative estimate of drug-likeness (QED) is 0.888. The van der Waals surface area contributed by atoms with Crippen LogP contribution in [0.3, 0.4) is 0 Å². The van der Waals surface area contributed by atoms with Crippen LogP contribution in [0.1, 0.15) is 28.3 Å². The molecule has 2 aromatic rings. The zero-order chi connectivity index (χ0) is 13.0. The smallest absolute Gasteiger partial charge is 0.261 e. The maximum Gasteiger partial charge on any atom is 0.261 e. The van der Waals surface area contributed by atoms with E-state index >= 15 is 0 Å². The maximum atomic E-state index is 11.8. The van der Waals surface area contributed by atoms with Crippen LogP contribution in [0.2, 0.25) is 0 Å². The Bertz CT molecular complexity index is 496. The molecule has 0 aliphatic carbocycles. The Morgan fingerprint density at radius 1 is 1.22 bits per heavy atom. The minimum Gasteiger partial charge on any atom is -0.386 e. The molecule has 0 saturated carbocycles. The number of aliphatic hydroxyl groups is 1. The lowest BCUT2D eigenvalue weighted by Gasteiger charge is -2.20. The first-order valence-corrected chi connectivity index (χ1v) is 6.64. The van der Waals surface area contributed by atoms with Gasteiger partial charge in [0.05, 0.1) is 17.0 Å². The molecule has 2 atom stereocenters. The number of nitrogens with one attached hydrogen (secondary N) is 1. The molecular formula is C14H15NO2S. The third kappa shape index (κ3) is 2.97. The van der Waals surface area contributed by atoms with E-state index in [1.165, 1.54) is 11.3 Å². The molecule has 3 nitrogen and oxygen atoms in total. The monoisotopic (exact) mass is 261 g/mol. The molecule has 0 spiro atoms. The second-order valence-electron chi connectivity index (χ2n) is 4.09. The summed E-state index contributed by atoms with van der Waals surface area (Å²) in [5.41, 5.74) is 0.802. The van der Waals surface area contributed by atoms with Crippen molar-refractivity contribution in [3.8, 4) is 0 Å². The number of rotatable bonds is 4. The van der Waals surface area contributed by atoms with E-state index in [4.69, 9.17) is 0 Å². The van der Waals surface area contributed by atoms with E-state index in [0.717, 1.165) is 5.56 Å². The van der Waals surface area contributed by atoms with Crippen LogP contribution in [0.5, 0.6) is 0 Å². The molecule has 0 aliphatic rings. The molecule has 1 aromatic heterocycles. The van der Waals surface area contributed by atoms with Crippen LogP contribution in [0.15, 0.2) is 47.8 Å². The van der Waals surface area contributed by atoms with Gasteiger partial charge < -0.3 is 10.4 Å². The summed E-state index contributed by atoms with van der Waals surface area (Å²) in [6, 6.07) is 12.6. The summed E-state index contributed by atoms with van der Waals surface area (Å²) < 4.78 is 0. The third-order valence-electron chi connectivity index (χ3n) is 2.72. The summed E-state index contributed by atoms with van der Waals surface area (Å²) >= 11 is 1.39. The highest BCUT2D eigenvalue weighted by Crippen LogP contribution is 2.17. The van der Waals surface area contributed by atoms with Crippen LogP contribution < -0.4 is 5.32 Å². The molecule has 0 radical (unpaired) electrons. The molecule has 2 N–H and O–H groups in total. The number of hydrogen-bond acceptors (Lipinski definition) is 3. The van der Waals surface area contributed by atoms with E-state index in [9.17, 15) is 9.90 Å². The molecule has 1 amide bonds. The van der Waals surface area contributed by atoms with Gasteiger partial charge in [0.25, 0.3) is 5.91 Å². The first-order valence-electron chi connectivity index (χ1n) is 5.76. The van der Waals surface area contributed by atoms with Gasteiger partial charge in [0, 0.05) is 0 Å². The number of thiophene rings is 1. The lowest BCUT2D eigenvalue weighted by Crippen LogP contribution is -2.36. The van der Waals surface area contributed by atoms with Crippen molar-refractivity contribution in [3.63, 3.8) is 0 Å². The third-order valence-corrected chi connectivity index (χ3v) is 3.59. The van der Waals surface area contributed by atoms with E-state index in [0.29, 0.717) is 4.88 Å². The van der Waals surface area contributed by atoms with Crippen LogP contribution in [-0.4, -0.2) is 17.1 Å². The van der Waals surface area contributed by atoms with Gasteiger partial charge in [-0.25, -0.2) is 0 Å². The highest BCUT2D eigenvalue weighted by molar-refractivity contribution is 7.12. The topological polar surface area (TPSA) is 49.3 Å². The average Bonchev–Trinajstić information content (AvgIpc) is 2.92. The predicted molar refractivity (Wildman–Crippen MR) is 72.6 cm³/mol. The van der Waals surface area contributed by atoms with Crippen LogP contribution in [0.25, 0.3) is 0 Å². The SMILES string of the molecule is C[C@H](NC(=O)c1cccs1)[C@H](O)c1ccccc1. The fourth-order valence-corrected chi connectivity index (χ4v) is 2.33. The van der Waals surface area contributed by atoms with Gasteiger partial charge in [-0.1, -0.05) is 36.4 Å². The first kappa shape index (κ1) is 12.8. The van der Waals surface area contributed by atoms with Gasteiger partial charge in [0.15, 0.2) is 0 Å². The Morgan fingerprint density at radius 3 is 2.56 bits per heavy atom. The van der Waals surface area contributed by atoms with Crippen molar-refractivity contribution in [1.82, 2.24) is 5.32 Å². The number of aliphatic hydroxyl groups excluding tert-OH is 1. The molecule has 0 bridgehead atoms. The molecule has 0 saturated heterocycles. The van der Waals surface area contributed by atoms with Crippen LogP contribution in [-0.2, 0) is 0 Å². The highest BCUT2D eigenvalue weighted by atomic mass is 32.1. The summed E-state index contributed by atoms with van der Waals surface area (Å²) in [5, 5.41) is 14.8. The van der Waals surface area contributed by atoms with Gasteiger partial charge in [-0.2, -0.15) is 0 Å². The van der Waals surface area contributed by atoms with E-state index in [-0.39, 0.29) is 11.9 Å². The Labute approximate surface area is 110 Å². The lowest BCUT2D eigenvalue weighted by atomic mass is 10.0. The zero-order valence-corrected chi connectivity index (χ0v) is 10.9. The zero-order valence-electron chi connectivity index (χ0n) is 10.0. The minimum atomic E-state index is -0.699. The molecule has 0 fully saturated rings. The second kappa shape index (κ2) is 5.80. The summed E-state index contributed by atoms with van der Waals surface area (Å²) in [7, 11) is 0. The Hall–Kier alpha value is -1.65. The van der Waals surface area contributed by atoms with Gasteiger partial charge in [0.2, 0.25) is 0 Å². The van der Waals surface area contributed by atoms with Crippen molar-refractivity contribution in [3.05, 3.63) is 58.3 Å². The molecule has 4 heteroatoms. The van der Waals surface area contributed by atoms with Crippen LogP contribution in [0.4, 0.5) is 0 Å². The molecule has 1 aromatic carbocycles. The van der Waals surface area contributed by atoms with Crippen molar-refractivity contribution < 1.29 is 9.90 Å².